The van der Waals surface area contributed by atoms with E-state index in [9.17, 15) is 9.90 Å². The van der Waals surface area contributed by atoms with Crippen molar-refractivity contribution in [3.05, 3.63) is 29.8 Å². The Balaban J connectivity index is 2.10. The maximum absolute atomic E-state index is 12.8. The molecule has 134 valence electrons. The van der Waals surface area contributed by atoms with Crippen molar-refractivity contribution in [2.24, 2.45) is 0 Å². The number of piperidine rings is 1. The van der Waals surface area contributed by atoms with Crippen molar-refractivity contribution >= 4 is 6.03 Å². The lowest BCUT2D eigenvalue weighted by Crippen LogP contribution is -2.49. The third-order valence-electron chi connectivity index (χ3n) is 4.65. The van der Waals surface area contributed by atoms with Gasteiger partial charge in [0.1, 0.15) is 5.75 Å². The smallest absolute Gasteiger partial charge is 0.318 e. The first kappa shape index (κ1) is 18.6. The molecule has 0 saturated carbocycles. The minimum Gasteiger partial charge on any atom is -0.494 e. The molecule has 1 heterocycles. The zero-order chi connectivity index (χ0) is 17.4. The fourth-order valence-corrected chi connectivity index (χ4v) is 3.40. The summed E-state index contributed by atoms with van der Waals surface area (Å²) >= 11 is 0. The summed E-state index contributed by atoms with van der Waals surface area (Å²) in [7, 11) is 0. The lowest BCUT2D eigenvalue weighted by atomic mass is 9.99. The van der Waals surface area contributed by atoms with Crippen molar-refractivity contribution < 1.29 is 14.6 Å². The normalized spacial score (nSPS) is 19.0. The van der Waals surface area contributed by atoms with E-state index < -0.39 is 0 Å². The van der Waals surface area contributed by atoms with Crippen molar-refractivity contribution in [3.63, 3.8) is 0 Å². The highest BCUT2D eigenvalue weighted by atomic mass is 16.5. The fourth-order valence-electron chi connectivity index (χ4n) is 3.40. The van der Waals surface area contributed by atoms with Gasteiger partial charge in [0, 0.05) is 24.8 Å². The van der Waals surface area contributed by atoms with Crippen LogP contribution in [0.15, 0.2) is 24.3 Å². The van der Waals surface area contributed by atoms with Gasteiger partial charge < -0.3 is 20.1 Å². The van der Waals surface area contributed by atoms with Crippen LogP contribution in [0.5, 0.6) is 5.75 Å². The minimum absolute atomic E-state index is 0.0358. The molecular weight excluding hydrogens is 304 g/mol. The summed E-state index contributed by atoms with van der Waals surface area (Å²) < 4.78 is 5.71. The van der Waals surface area contributed by atoms with Crippen LogP contribution in [0.3, 0.4) is 0 Å². The molecule has 1 saturated heterocycles. The molecule has 2 rings (SSSR count). The number of ether oxygens (including phenoxy) is 1. The van der Waals surface area contributed by atoms with Gasteiger partial charge in [0.05, 0.1) is 12.6 Å². The van der Waals surface area contributed by atoms with Crippen LogP contribution in [0.2, 0.25) is 0 Å². The molecule has 2 unspecified atom stereocenters. The zero-order valence-corrected chi connectivity index (χ0v) is 14.8. The maximum Gasteiger partial charge on any atom is 0.318 e. The number of urea groups is 1. The molecule has 1 fully saturated rings. The second-order valence-corrected chi connectivity index (χ2v) is 6.24. The van der Waals surface area contributed by atoms with Crippen molar-refractivity contribution in [2.75, 3.05) is 19.8 Å². The number of hydrogen-bond donors (Lipinski definition) is 2. The van der Waals surface area contributed by atoms with E-state index in [0.717, 1.165) is 43.5 Å². The predicted octanol–water partition coefficient (Wildman–Crippen LogP) is 3.48. The van der Waals surface area contributed by atoms with Crippen LogP contribution in [0.4, 0.5) is 4.79 Å². The van der Waals surface area contributed by atoms with Gasteiger partial charge in [-0.3, -0.25) is 0 Å². The second-order valence-electron chi connectivity index (χ2n) is 6.24. The Morgan fingerprint density at radius 1 is 1.38 bits per heavy atom. The first-order valence-electron chi connectivity index (χ1n) is 9.10. The summed E-state index contributed by atoms with van der Waals surface area (Å²) in [6.07, 6.45) is 4.58. The topological polar surface area (TPSA) is 61.8 Å². The molecule has 2 N–H and O–H groups in total. The maximum atomic E-state index is 12.8. The van der Waals surface area contributed by atoms with E-state index in [0.29, 0.717) is 13.0 Å². The Kier molecular flexibility index (Phi) is 7.37. The highest BCUT2D eigenvalue weighted by Gasteiger charge is 2.28. The van der Waals surface area contributed by atoms with E-state index in [4.69, 9.17) is 4.74 Å². The summed E-state index contributed by atoms with van der Waals surface area (Å²) in [6.45, 7) is 5.52. The second kappa shape index (κ2) is 9.52. The van der Waals surface area contributed by atoms with Gasteiger partial charge in [0.2, 0.25) is 0 Å². The summed E-state index contributed by atoms with van der Waals surface area (Å²) in [5.41, 5.74) is 1.02. The molecule has 1 aliphatic rings. The largest absolute Gasteiger partial charge is 0.494 e. The minimum atomic E-state index is -0.0723. The van der Waals surface area contributed by atoms with Crippen molar-refractivity contribution in [3.8, 4) is 5.75 Å². The van der Waals surface area contributed by atoms with Crippen molar-refractivity contribution in [1.29, 1.82) is 0 Å². The van der Waals surface area contributed by atoms with Gasteiger partial charge in [-0.1, -0.05) is 25.1 Å². The highest BCUT2D eigenvalue weighted by molar-refractivity contribution is 5.75. The van der Waals surface area contributed by atoms with Crippen LogP contribution < -0.4 is 10.1 Å². The number of nitrogens with zero attached hydrogens (tertiary/aromatic N) is 1. The van der Waals surface area contributed by atoms with Crippen molar-refractivity contribution in [1.82, 2.24) is 10.2 Å². The van der Waals surface area contributed by atoms with E-state index in [2.05, 4.69) is 12.2 Å². The average molecular weight is 334 g/mol. The molecule has 2 atom stereocenters. The Morgan fingerprint density at radius 2 is 2.17 bits per heavy atom. The van der Waals surface area contributed by atoms with Crippen LogP contribution in [0.25, 0.3) is 0 Å². The van der Waals surface area contributed by atoms with Crippen molar-refractivity contribution in [2.45, 2.75) is 58.0 Å². The molecular formula is C19H30N2O3. The SMILES string of the molecule is CCOc1ccccc1C(CC)NC(=O)N1CCCCC1CCO. The van der Waals surface area contributed by atoms with E-state index in [-0.39, 0.29) is 24.7 Å². The first-order valence-corrected chi connectivity index (χ1v) is 9.10. The summed E-state index contributed by atoms with van der Waals surface area (Å²) in [6, 6.07) is 7.92. The molecule has 0 aromatic heterocycles. The van der Waals surface area contributed by atoms with Crippen LogP contribution >= 0.6 is 0 Å². The van der Waals surface area contributed by atoms with Gasteiger partial charge in [-0.15, -0.1) is 0 Å². The number of aliphatic hydroxyl groups excluding tert-OH is 1. The summed E-state index contributed by atoms with van der Waals surface area (Å²) in [4.78, 5) is 14.7. The molecule has 0 aliphatic carbocycles. The Hall–Kier alpha value is -1.75. The average Bonchev–Trinajstić information content (AvgIpc) is 2.61. The van der Waals surface area contributed by atoms with E-state index in [1.807, 2.05) is 36.1 Å². The van der Waals surface area contributed by atoms with E-state index in [1.165, 1.54) is 0 Å². The molecule has 1 aliphatic heterocycles. The monoisotopic (exact) mass is 334 g/mol. The van der Waals surface area contributed by atoms with Gasteiger partial charge in [-0.25, -0.2) is 4.79 Å². The third-order valence-corrected chi connectivity index (χ3v) is 4.65. The lowest BCUT2D eigenvalue weighted by Gasteiger charge is -2.36. The Bertz CT molecular complexity index is 519. The molecule has 1 aromatic rings. The van der Waals surface area contributed by atoms with E-state index in [1.54, 1.807) is 0 Å². The molecule has 1 aromatic carbocycles. The number of rotatable bonds is 7. The number of nitrogens with one attached hydrogen (secondary N) is 1. The Labute approximate surface area is 145 Å². The third kappa shape index (κ3) is 4.63. The standard InChI is InChI=1S/C19H30N2O3/c1-3-17(16-10-5-6-11-18(16)24-4-2)20-19(23)21-13-8-7-9-15(21)12-14-22/h5-6,10-11,15,17,22H,3-4,7-9,12-14H2,1-2H3,(H,20,23). The number of hydrogen-bond acceptors (Lipinski definition) is 3. The fraction of sp³-hybridized carbons (Fsp3) is 0.632. The zero-order valence-electron chi connectivity index (χ0n) is 14.8. The predicted molar refractivity (Wildman–Crippen MR) is 95.2 cm³/mol. The van der Waals surface area contributed by atoms with Gasteiger partial charge in [-0.05, 0) is 45.1 Å². The summed E-state index contributed by atoms with van der Waals surface area (Å²) in [5, 5.41) is 12.4. The van der Waals surface area contributed by atoms with Gasteiger partial charge in [-0.2, -0.15) is 0 Å². The Morgan fingerprint density at radius 3 is 2.88 bits per heavy atom. The van der Waals surface area contributed by atoms with E-state index >= 15 is 0 Å². The number of aliphatic hydroxyl groups is 1. The number of carbonyl (C=O) groups excluding carboxylic acids is 1. The number of amides is 2. The lowest BCUT2D eigenvalue weighted by molar-refractivity contribution is 0.129. The van der Waals surface area contributed by atoms with Crippen LogP contribution in [-0.2, 0) is 0 Å². The van der Waals surface area contributed by atoms with Gasteiger partial charge in [0.15, 0.2) is 0 Å². The molecule has 0 bridgehead atoms. The molecule has 2 amide bonds. The summed E-state index contributed by atoms with van der Waals surface area (Å²) in [5.74, 6) is 0.831. The molecule has 24 heavy (non-hydrogen) atoms. The van der Waals surface area contributed by atoms with Gasteiger partial charge >= 0.3 is 6.03 Å². The number of carbonyl (C=O) groups is 1. The number of para-hydroxylation sites is 1. The van der Waals surface area contributed by atoms with Crippen LogP contribution in [0.1, 0.15) is 57.6 Å². The van der Waals surface area contributed by atoms with Crippen LogP contribution in [0, 0.1) is 0 Å². The molecule has 0 radical (unpaired) electrons. The quantitative estimate of drug-likeness (QED) is 0.802. The van der Waals surface area contributed by atoms with Crippen LogP contribution in [-0.4, -0.2) is 41.8 Å². The molecule has 5 heteroatoms. The highest BCUT2D eigenvalue weighted by Crippen LogP contribution is 2.28. The number of likely N-dealkylation sites (tertiary alicyclic amines) is 1. The molecule has 5 nitrogen and oxygen atoms in total. The number of benzene rings is 1. The molecule has 0 spiro atoms. The van der Waals surface area contributed by atoms with Gasteiger partial charge in [0.25, 0.3) is 0 Å². The first-order chi connectivity index (χ1) is 11.7.